The SMILES string of the molecule is CC(=O)O[C@H]1CC[C@@]2(C)C(CC(=O)C3=C4CC[C@H]([C@H](C)CCCC(C)C)[C@@]4(C)CC[C@@]32OCO)C1. The number of hydrogen-bond donors (Lipinski definition) is 1. The van der Waals surface area contributed by atoms with Gasteiger partial charge in [-0.15, -0.1) is 0 Å². The topological polar surface area (TPSA) is 72.8 Å². The van der Waals surface area contributed by atoms with Crippen LogP contribution < -0.4 is 0 Å². The van der Waals surface area contributed by atoms with Gasteiger partial charge in [0.1, 0.15) is 18.5 Å². The molecule has 4 aliphatic carbocycles. The van der Waals surface area contributed by atoms with Crippen LogP contribution in [0.2, 0.25) is 0 Å². The molecule has 198 valence electrons. The first-order valence-corrected chi connectivity index (χ1v) is 14.2. The van der Waals surface area contributed by atoms with Gasteiger partial charge in [-0.3, -0.25) is 9.59 Å². The average Bonchev–Trinajstić information content (AvgIpc) is 3.12. The summed E-state index contributed by atoms with van der Waals surface area (Å²) in [6.07, 6.45) is 10.4. The van der Waals surface area contributed by atoms with Crippen LogP contribution in [-0.4, -0.2) is 35.4 Å². The van der Waals surface area contributed by atoms with Crippen LogP contribution in [-0.2, 0) is 19.1 Å². The minimum atomic E-state index is -0.729. The molecule has 1 N–H and O–H groups in total. The van der Waals surface area contributed by atoms with Crippen molar-refractivity contribution in [2.24, 2.45) is 34.5 Å². The van der Waals surface area contributed by atoms with Crippen LogP contribution >= 0.6 is 0 Å². The number of carbonyl (C=O) groups excluding carboxylic acids is 2. The molecule has 0 saturated heterocycles. The molecule has 0 aromatic heterocycles. The number of Topliss-reactive ketones (excluding diaryl/α,β-unsaturated/α-hetero) is 1. The monoisotopic (exact) mass is 488 g/mol. The standard InChI is InChI=1S/C30H48O5/c1-19(2)8-7-9-20(3)24-10-11-25-27-26(33)17-22-16-23(35-21(4)32)12-13-29(22,6)30(27,34-18-31)15-14-28(24,25)5/h19-20,22-24,31H,7-18H2,1-6H3/t20-,22?,23+,24-,28-,29+,30-/m1/s1. The minimum absolute atomic E-state index is 0.0443. The van der Waals surface area contributed by atoms with E-state index in [9.17, 15) is 14.7 Å². The Morgan fingerprint density at radius 3 is 2.51 bits per heavy atom. The van der Waals surface area contributed by atoms with E-state index in [4.69, 9.17) is 9.47 Å². The molecule has 0 aromatic rings. The van der Waals surface area contributed by atoms with Crippen molar-refractivity contribution >= 4 is 11.8 Å². The average molecular weight is 489 g/mol. The van der Waals surface area contributed by atoms with Gasteiger partial charge >= 0.3 is 5.97 Å². The molecule has 7 atom stereocenters. The van der Waals surface area contributed by atoms with E-state index >= 15 is 0 Å². The van der Waals surface area contributed by atoms with Gasteiger partial charge in [0.05, 0.1) is 0 Å². The summed E-state index contributed by atoms with van der Waals surface area (Å²) in [5, 5.41) is 10.1. The Morgan fingerprint density at radius 2 is 1.86 bits per heavy atom. The predicted octanol–water partition coefficient (Wildman–Crippen LogP) is 6.37. The second kappa shape index (κ2) is 9.93. The van der Waals surface area contributed by atoms with E-state index in [1.807, 2.05) is 0 Å². The first-order valence-electron chi connectivity index (χ1n) is 14.2. The molecule has 3 saturated carbocycles. The highest BCUT2D eigenvalue weighted by Gasteiger charge is 2.66. The highest BCUT2D eigenvalue weighted by molar-refractivity contribution is 6.00. The van der Waals surface area contributed by atoms with Crippen molar-refractivity contribution in [3.05, 3.63) is 11.1 Å². The second-order valence-corrected chi connectivity index (χ2v) is 13.1. The fourth-order valence-electron chi connectivity index (χ4n) is 8.89. The molecule has 35 heavy (non-hydrogen) atoms. The first kappa shape index (κ1) is 26.9. The molecule has 0 heterocycles. The van der Waals surface area contributed by atoms with Crippen LogP contribution in [0.15, 0.2) is 11.1 Å². The molecule has 0 bridgehead atoms. The lowest BCUT2D eigenvalue weighted by Crippen LogP contribution is -2.63. The third kappa shape index (κ3) is 4.43. The summed E-state index contributed by atoms with van der Waals surface area (Å²) in [7, 11) is 0. The molecule has 5 nitrogen and oxygen atoms in total. The predicted molar refractivity (Wildman–Crippen MR) is 136 cm³/mol. The number of esters is 1. The molecule has 5 heteroatoms. The summed E-state index contributed by atoms with van der Waals surface area (Å²) < 4.78 is 11.9. The number of carbonyl (C=O) groups is 2. The van der Waals surface area contributed by atoms with Gasteiger partial charge in [-0.2, -0.15) is 0 Å². The summed E-state index contributed by atoms with van der Waals surface area (Å²) >= 11 is 0. The number of rotatable bonds is 8. The Kier molecular flexibility index (Phi) is 7.62. The normalized spacial score (nSPS) is 39.8. The van der Waals surface area contributed by atoms with Crippen molar-refractivity contribution < 1.29 is 24.2 Å². The molecule has 0 spiro atoms. The van der Waals surface area contributed by atoms with Gasteiger partial charge in [0.2, 0.25) is 0 Å². The molecule has 0 amide bonds. The quantitative estimate of drug-likeness (QED) is 0.317. The fraction of sp³-hybridized carbons (Fsp3) is 0.867. The zero-order chi connectivity index (χ0) is 25.6. The van der Waals surface area contributed by atoms with Crippen LogP contribution in [0.1, 0.15) is 112 Å². The van der Waals surface area contributed by atoms with Gasteiger partial charge in [0.15, 0.2) is 5.78 Å². The van der Waals surface area contributed by atoms with E-state index in [1.54, 1.807) is 0 Å². The second-order valence-electron chi connectivity index (χ2n) is 13.1. The van der Waals surface area contributed by atoms with Crippen molar-refractivity contribution in [2.75, 3.05) is 6.79 Å². The summed E-state index contributed by atoms with van der Waals surface area (Å²) in [5.74, 6) is 2.04. The lowest BCUT2D eigenvalue weighted by molar-refractivity contribution is -0.211. The van der Waals surface area contributed by atoms with E-state index in [2.05, 4.69) is 34.6 Å². The highest BCUT2D eigenvalue weighted by atomic mass is 16.6. The summed E-state index contributed by atoms with van der Waals surface area (Å²) in [4.78, 5) is 25.5. The van der Waals surface area contributed by atoms with Gasteiger partial charge < -0.3 is 14.6 Å². The molecular weight excluding hydrogens is 440 g/mol. The van der Waals surface area contributed by atoms with Crippen molar-refractivity contribution in [1.29, 1.82) is 0 Å². The number of ether oxygens (including phenoxy) is 2. The van der Waals surface area contributed by atoms with Crippen molar-refractivity contribution in [1.82, 2.24) is 0 Å². The van der Waals surface area contributed by atoms with Crippen molar-refractivity contribution in [3.63, 3.8) is 0 Å². The Labute approximate surface area is 212 Å². The number of aliphatic hydroxyl groups is 1. The zero-order valence-corrected chi connectivity index (χ0v) is 23.0. The summed E-state index contributed by atoms with van der Waals surface area (Å²) in [6.45, 7) is 12.8. The molecule has 0 aromatic carbocycles. The summed E-state index contributed by atoms with van der Waals surface area (Å²) in [5.41, 5.74) is 1.33. The highest BCUT2D eigenvalue weighted by Crippen LogP contribution is 2.67. The summed E-state index contributed by atoms with van der Waals surface area (Å²) in [6, 6.07) is 0. The lowest BCUT2D eigenvalue weighted by Gasteiger charge is -2.62. The van der Waals surface area contributed by atoms with Crippen LogP contribution in [0.5, 0.6) is 0 Å². The van der Waals surface area contributed by atoms with Gasteiger partial charge in [0, 0.05) is 24.3 Å². The van der Waals surface area contributed by atoms with E-state index < -0.39 is 5.60 Å². The third-order valence-corrected chi connectivity index (χ3v) is 10.8. The molecule has 4 aliphatic rings. The third-order valence-electron chi connectivity index (χ3n) is 10.8. The number of aliphatic hydroxyl groups excluding tert-OH is 1. The maximum atomic E-state index is 13.9. The Bertz CT molecular complexity index is 861. The van der Waals surface area contributed by atoms with Crippen LogP contribution in [0.3, 0.4) is 0 Å². The Hall–Kier alpha value is -1.20. The molecule has 1 unspecified atom stereocenters. The number of fused-ring (bicyclic) bond motifs is 4. The minimum Gasteiger partial charge on any atom is -0.463 e. The number of hydrogen-bond acceptors (Lipinski definition) is 5. The lowest BCUT2D eigenvalue weighted by atomic mass is 9.46. The van der Waals surface area contributed by atoms with E-state index in [0.29, 0.717) is 24.7 Å². The molecule has 0 aliphatic heterocycles. The maximum absolute atomic E-state index is 13.9. The number of allylic oxidation sites excluding steroid dienone is 1. The van der Waals surface area contributed by atoms with Crippen LogP contribution in [0.25, 0.3) is 0 Å². The Balaban J connectivity index is 1.67. The number of ketones is 1. The zero-order valence-electron chi connectivity index (χ0n) is 23.0. The van der Waals surface area contributed by atoms with E-state index in [1.165, 1.54) is 31.8 Å². The van der Waals surface area contributed by atoms with Crippen molar-refractivity contribution in [3.8, 4) is 0 Å². The molecular formula is C30H48O5. The molecule has 4 rings (SSSR count). The van der Waals surface area contributed by atoms with Crippen LogP contribution in [0.4, 0.5) is 0 Å². The van der Waals surface area contributed by atoms with Gasteiger partial charge in [-0.05, 0) is 74.0 Å². The maximum Gasteiger partial charge on any atom is 0.302 e. The van der Waals surface area contributed by atoms with Gasteiger partial charge in [-0.25, -0.2) is 0 Å². The van der Waals surface area contributed by atoms with Gasteiger partial charge in [0.25, 0.3) is 0 Å². The van der Waals surface area contributed by atoms with Gasteiger partial charge in [-0.1, -0.05) is 59.5 Å². The smallest absolute Gasteiger partial charge is 0.302 e. The van der Waals surface area contributed by atoms with E-state index in [0.717, 1.165) is 50.0 Å². The fourth-order valence-corrected chi connectivity index (χ4v) is 8.89. The van der Waals surface area contributed by atoms with E-state index in [-0.39, 0.29) is 41.4 Å². The Morgan fingerprint density at radius 1 is 1.11 bits per heavy atom. The largest absolute Gasteiger partial charge is 0.463 e. The molecule has 3 fully saturated rings. The first-order chi connectivity index (χ1) is 16.5. The molecule has 0 radical (unpaired) electrons. The van der Waals surface area contributed by atoms with Crippen LogP contribution in [0, 0.1) is 34.5 Å². The van der Waals surface area contributed by atoms with Crippen molar-refractivity contribution in [2.45, 2.75) is 124 Å².